The van der Waals surface area contributed by atoms with Crippen molar-refractivity contribution in [2.45, 2.75) is 44.0 Å². The summed E-state index contributed by atoms with van der Waals surface area (Å²) in [7, 11) is -2.54. The van der Waals surface area contributed by atoms with Crippen LogP contribution in [0.4, 0.5) is 5.69 Å². The second-order valence-electron chi connectivity index (χ2n) is 8.22. The minimum Gasteiger partial charge on any atom is -0.495 e. The number of aryl methyl sites for hydroxylation is 1. The van der Waals surface area contributed by atoms with E-state index in [2.05, 4.69) is 4.72 Å². The number of hydrogen-bond donors (Lipinski definition) is 1. The van der Waals surface area contributed by atoms with Crippen LogP contribution in [0.2, 0.25) is 0 Å². The van der Waals surface area contributed by atoms with Gasteiger partial charge in [0.2, 0.25) is 11.8 Å². The van der Waals surface area contributed by atoms with Crippen molar-refractivity contribution in [1.82, 2.24) is 4.90 Å². The quantitative estimate of drug-likeness (QED) is 0.692. The lowest BCUT2D eigenvalue weighted by molar-refractivity contribution is -0.140. The van der Waals surface area contributed by atoms with E-state index in [1.807, 2.05) is 13.0 Å². The highest BCUT2D eigenvalue weighted by Crippen LogP contribution is 2.39. The average Bonchev–Trinajstić information content (AvgIpc) is 2.98. The molecule has 2 fully saturated rings. The van der Waals surface area contributed by atoms with E-state index in [9.17, 15) is 18.0 Å². The molecule has 2 atom stereocenters. The van der Waals surface area contributed by atoms with E-state index in [1.54, 1.807) is 30.3 Å². The maximum Gasteiger partial charge on any atom is 0.265 e. The van der Waals surface area contributed by atoms with Crippen molar-refractivity contribution in [1.29, 1.82) is 0 Å². The lowest BCUT2D eigenvalue weighted by Gasteiger charge is -2.19. The van der Waals surface area contributed by atoms with Crippen molar-refractivity contribution in [2.24, 2.45) is 11.8 Å². The van der Waals surface area contributed by atoms with Gasteiger partial charge in [-0.05, 0) is 55.2 Å². The number of anilines is 1. The normalized spacial score (nSPS) is 21.2. The predicted molar refractivity (Wildman–Crippen MR) is 116 cm³/mol. The molecule has 4 rings (SSSR count). The lowest BCUT2D eigenvalue weighted by Crippen LogP contribution is -2.30. The Morgan fingerprint density at radius 3 is 2.32 bits per heavy atom. The summed E-state index contributed by atoms with van der Waals surface area (Å²) < 4.78 is 34.0. The van der Waals surface area contributed by atoms with E-state index < -0.39 is 10.0 Å². The Kier molecular flexibility index (Phi) is 5.75. The third-order valence-electron chi connectivity index (χ3n) is 6.06. The van der Waals surface area contributed by atoms with Crippen molar-refractivity contribution in [2.75, 3.05) is 11.8 Å². The number of fused-ring (bicyclic) bond motifs is 1. The van der Waals surface area contributed by atoms with Crippen LogP contribution in [0.5, 0.6) is 5.75 Å². The van der Waals surface area contributed by atoms with Crippen LogP contribution in [0.1, 0.15) is 36.8 Å². The molecule has 1 saturated heterocycles. The molecule has 1 aliphatic heterocycles. The van der Waals surface area contributed by atoms with Gasteiger partial charge in [0.05, 0.1) is 25.5 Å². The molecule has 164 valence electrons. The summed E-state index contributed by atoms with van der Waals surface area (Å²) in [6.07, 6.45) is 3.41. The van der Waals surface area contributed by atoms with Crippen molar-refractivity contribution < 1.29 is 22.7 Å². The Balaban J connectivity index is 1.62. The number of ether oxygens (including phenoxy) is 1. The third kappa shape index (κ3) is 4.17. The number of amides is 2. The molecule has 2 aliphatic rings. The number of likely N-dealkylation sites (tertiary alicyclic amines) is 1. The molecule has 1 N–H and O–H groups in total. The molecule has 2 aromatic carbocycles. The molecule has 1 saturated carbocycles. The van der Waals surface area contributed by atoms with Gasteiger partial charge < -0.3 is 4.74 Å². The minimum atomic E-state index is -3.94. The Labute approximate surface area is 182 Å². The van der Waals surface area contributed by atoms with Crippen LogP contribution in [-0.4, -0.2) is 32.2 Å². The Morgan fingerprint density at radius 2 is 1.71 bits per heavy atom. The number of sulfonamides is 1. The molecule has 2 amide bonds. The first-order valence-electron chi connectivity index (χ1n) is 10.4. The second-order valence-corrected chi connectivity index (χ2v) is 9.87. The van der Waals surface area contributed by atoms with Gasteiger partial charge in [-0.25, -0.2) is 8.42 Å². The van der Waals surface area contributed by atoms with Crippen LogP contribution < -0.4 is 9.46 Å². The summed E-state index contributed by atoms with van der Waals surface area (Å²) in [5.41, 5.74) is 1.93. The maximum atomic E-state index is 13.1. The van der Waals surface area contributed by atoms with Crippen molar-refractivity contribution in [3.8, 4) is 5.75 Å². The Morgan fingerprint density at radius 1 is 1.03 bits per heavy atom. The second kappa shape index (κ2) is 8.34. The Bertz CT molecular complexity index is 1100. The van der Waals surface area contributed by atoms with Gasteiger partial charge in [0.15, 0.2) is 0 Å². The minimum absolute atomic E-state index is 0.0366. The third-order valence-corrected chi connectivity index (χ3v) is 7.46. The van der Waals surface area contributed by atoms with Crippen LogP contribution in [0.25, 0.3) is 0 Å². The zero-order valence-corrected chi connectivity index (χ0v) is 18.4. The topological polar surface area (TPSA) is 92.8 Å². The maximum absolute atomic E-state index is 13.1. The van der Waals surface area contributed by atoms with Crippen LogP contribution in [0, 0.1) is 18.8 Å². The number of carbonyl (C=O) groups is 2. The molecule has 0 spiro atoms. The van der Waals surface area contributed by atoms with Crippen LogP contribution in [0.3, 0.4) is 0 Å². The molecule has 0 unspecified atom stereocenters. The summed E-state index contributed by atoms with van der Waals surface area (Å²) in [6.45, 7) is 1.93. The van der Waals surface area contributed by atoms with E-state index >= 15 is 0 Å². The van der Waals surface area contributed by atoms with Crippen LogP contribution in [-0.2, 0) is 26.2 Å². The average molecular weight is 443 g/mol. The molecule has 2 aromatic rings. The van der Waals surface area contributed by atoms with Gasteiger partial charge in [-0.15, -0.1) is 0 Å². The van der Waals surface area contributed by atoms with Gasteiger partial charge >= 0.3 is 0 Å². The van der Waals surface area contributed by atoms with Gasteiger partial charge in [0.1, 0.15) is 10.6 Å². The largest absolute Gasteiger partial charge is 0.495 e. The molecular formula is C23H26N2O5S. The number of rotatable bonds is 6. The van der Waals surface area contributed by atoms with Crippen LogP contribution in [0.15, 0.2) is 47.4 Å². The number of carbonyl (C=O) groups excluding carboxylic acids is 2. The van der Waals surface area contributed by atoms with E-state index in [1.165, 1.54) is 18.1 Å². The molecular weight excluding hydrogens is 416 g/mol. The number of hydrogen-bond acceptors (Lipinski definition) is 5. The van der Waals surface area contributed by atoms with Gasteiger partial charge in [-0.1, -0.05) is 31.0 Å². The van der Waals surface area contributed by atoms with Crippen LogP contribution >= 0.6 is 0 Å². The molecule has 7 nitrogen and oxygen atoms in total. The first-order valence-corrected chi connectivity index (χ1v) is 11.9. The van der Waals surface area contributed by atoms with E-state index in [-0.39, 0.29) is 40.8 Å². The van der Waals surface area contributed by atoms with Gasteiger partial charge in [-0.3, -0.25) is 19.2 Å². The molecule has 31 heavy (non-hydrogen) atoms. The highest BCUT2D eigenvalue weighted by molar-refractivity contribution is 7.92. The zero-order chi connectivity index (χ0) is 22.2. The number of benzene rings is 2. The van der Waals surface area contributed by atoms with Crippen molar-refractivity contribution in [3.05, 3.63) is 53.6 Å². The number of nitrogens with zero attached hydrogens (tertiary/aromatic N) is 1. The van der Waals surface area contributed by atoms with Crippen molar-refractivity contribution >= 4 is 27.5 Å². The highest BCUT2D eigenvalue weighted by atomic mass is 32.2. The SMILES string of the molecule is COc1ccc(CN2C(=O)[C@H]3CCCC[C@@H]3C2=O)cc1S(=O)(=O)Nc1cccc(C)c1. The highest BCUT2D eigenvalue weighted by Gasteiger charge is 2.47. The van der Waals surface area contributed by atoms with E-state index in [0.717, 1.165) is 31.2 Å². The predicted octanol–water partition coefficient (Wildman–Crippen LogP) is 3.48. The first kappa shape index (κ1) is 21.4. The lowest BCUT2D eigenvalue weighted by atomic mass is 9.81. The summed E-state index contributed by atoms with van der Waals surface area (Å²) in [6, 6.07) is 11.8. The fourth-order valence-corrected chi connectivity index (χ4v) is 5.79. The molecule has 0 radical (unpaired) electrons. The van der Waals surface area contributed by atoms with Gasteiger partial charge in [0, 0.05) is 5.69 Å². The standard InChI is InChI=1S/C23H26N2O5S/c1-15-6-5-7-17(12-15)24-31(28,29)21-13-16(10-11-20(21)30-2)14-25-22(26)18-8-3-4-9-19(18)23(25)27/h5-7,10-13,18-19,24H,3-4,8-9,14H2,1-2H3/t18-,19-/m0/s1. The fraction of sp³-hybridized carbons (Fsp3) is 0.391. The van der Waals surface area contributed by atoms with E-state index in [4.69, 9.17) is 4.74 Å². The molecule has 1 aliphatic carbocycles. The number of imide groups is 1. The van der Waals surface area contributed by atoms with Crippen molar-refractivity contribution in [3.63, 3.8) is 0 Å². The molecule has 0 bridgehead atoms. The number of nitrogens with one attached hydrogen (secondary N) is 1. The summed E-state index contributed by atoms with van der Waals surface area (Å²) >= 11 is 0. The van der Waals surface area contributed by atoms with E-state index in [0.29, 0.717) is 11.3 Å². The summed E-state index contributed by atoms with van der Waals surface area (Å²) in [5.74, 6) is -0.561. The summed E-state index contributed by atoms with van der Waals surface area (Å²) in [5, 5.41) is 0. The molecule has 8 heteroatoms. The smallest absolute Gasteiger partial charge is 0.265 e. The molecule has 1 heterocycles. The zero-order valence-electron chi connectivity index (χ0n) is 17.6. The Hall–Kier alpha value is -2.87. The molecule has 0 aromatic heterocycles. The van der Waals surface area contributed by atoms with Gasteiger partial charge in [-0.2, -0.15) is 0 Å². The fourth-order valence-electron chi connectivity index (χ4n) is 4.52. The summed E-state index contributed by atoms with van der Waals surface area (Å²) in [4.78, 5) is 26.8. The first-order chi connectivity index (χ1) is 14.8. The number of methoxy groups -OCH3 is 1. The van der Waals surface area contributed by atoms with Gasteiger partial charge in [0.25, 0.3) is 10.0 Å². The monoisotopic (exact) mass is 442 g/mol.